The van der Waals surface area contributed by atoms with Crippen molar-refractivity contribution >= 4 is 0 Å². The summed E-state index contributed by atoms with van der Waals surface area (Å²) in [6.07, 6.45) is 2.10. The zero-order valence-electron chi connectivity index (χ0n) is 11.6. The molecule has 0 aliphatic carbocycles. The van der Waals surface area contributed by atoms with Crippen LogP contribution in [0.2, 0.25) is 0 Å². The van der Waals surface area contributed by atoms with Crippen LogP contribution in [-0.4, -0.2) is 12.1 Å². The van der Waals surface area contributed by atoms with Gasteiger partial charge in [0.15, 0.2) is 5.82 Å². The van der Waals surface area contributed by atoms with Gasteiger partial charge in [0, 0.05) is 11.8 Å². The van der Waals surface area contributed by atoms with Crippen LogP contribution in [-0.2, 0) is 6.42 Å². The molecule has 0 amide bonds. The fraction of sp³-hybridized carbons (Fsp3) is 0.267. The first-order valence-electron chi connectivity index (χ1n) is 6.35. The number of benzene rings is 1. The van der Waals surface area contributed by atoms with E-state index in [4.69, 9.17) is 10.6 Å². The summed E-state index contributed by atoms with van der Waals surface area (Å²) in [4.78, 5) is 3.83. The summed E-state index contributed by atoms with van der Waals surface area (Å²) in [7, 11) is 1.39. The summed E-state index contributed by atoms with van der Waals surface area (Å²) in [5, 5.41) is 0. The molecule has 2 rings (SSSR count). The summed E-state index contributed by atoms with van der Waals surface area (Å²) in [6, 6.07) is 9.31. The molecule has 0 aliphatic rings. The minimum atomic E-state index is -0.481. The molecule has 3 N–H and O–H groups in total. The van der Waals surface area contributed by atoms with Gasteiger partial charge in [-0.2, -0.15) is 0 Å². The Balaban J connectivity index is 2.29. The molecule has 4 nitrogen and oxygen atoms in total. The van der Waals surface area contributed by atoms with Crippen LogP contribution < -0.4 is 16.0 Å². The molecule has 0 aliphatic heterocycles. The predicted molar refractivity (Wildman–Crippen MR) is 75.7 cm³/mol. The number of nitrogens with zero attached hydrogens (tertiary/aromatic N) is 1. The Bertz CT molecular complexity index is 589. The van der Waals surface area contributed by atoms with Gasteiger partial charge in [-0.15, -0.1) is 0 Å². The molecule has 2 aromatic rings. The Hall–Kier alpha value is -1.98. The van der Waals surface area contributed by atoms with E-state index in [9.17, 15) is 4.39 Å². The summed E-state index contributed by atoms with van der Waals surface area (Å²) in [6.45, 7) is 2.02. The van der Waals surface area contributed by atoms with Crippen LogP contribution >= 0.6 is 0 Å². The molecule has 0 spiro atoms. The van der Waals surface area contributed by atoms with E-state index in [1.807, 2.05) is 25.1 Å². The predicted octanol–water partition coefficient (Wildman–Crippen LogP) is 2.28. The molecule has 5 heteroatoms. The Morgan fingerprint density at radius 3 is 2.85 bits per heavy atom. The van der Waals surface area contributed by atoms with E-state index in [-0.39, 0.29) is 11.9 Å². The van der Waals surface area contributed by atoms with Crippen molar-refractivity contribution in [1.82, 2.24) is 10.4 Å². The van der Waals surface area contributed by atoms with Crippen molar-refractivity contribution in [2.24, 2.45) is 5.84 Å². The third kappa shape index (κ3) is 3.12. The van der Waals surface area contributed by atoms with Crippen LogP contribution in [0.4, 0.5) is 4.39 Å². The van der Waals surface area contributed by atoms with E-state index in [0.29, 0.717) is 12.0 Å². The molecule has 1 aromatic carbocycles. The standard InChI is InChI=1S/C15H18FN3O/c1-10-4-3-5-11(8-10)9-13(19-17)12-6-7-18-15(20-2)14(12)16/h3-8,13,19H,9,17H2,1-2H3. The van der Waals surface area contributed by atoms with Gasteiger partial charge in [0.2, 0.25) is 5.88 Å². The molecular weight excluding hydrogens is 257 g/mol. The highest BCUT2D eigenvalue weighted by atomic mass is 19.1. The van der Waals surface area contributed by atoms with Crippen molar-refractivity contribution in [1.29, 1.82) is 0 Å². The number of methoxy groups -OCH3 is 1. The van der Waals surface area contributed by atoms with Gasteiger partial charge in [0.05, 0.1) is 13.2 Å². The third-order valence-corrected chi connectivity index (χ3v) is 3.18. The molecule has 1 unspecified atom stereocenters. The molecule has 0 bridgehead atoms. The van der Waals surface area contributed by atoms with Crippen molar-refractivity contribution in [3.05, 3.63) is 59.0 Å². The zero-order chi connectivity index (χ0) is 14.5. The van der Waals surface area contributed by atoms with Gasteiger partial charge < -0.3 is 4.74 Å². The van der Waals surface area contributed by atoms with Crippen LogP contribution in [0.1, 0.15) is 22.7 Å². The lowest BCUT2D eigenvalue weighted by molar-refractivity contribution is 0.362. The molecule has 0 saturated heterocycles. The molecular formula is C15H18FN3O. The van der Waals surface area contributed by atoms with Crippen LogP contribution in [0.5, 0.6) is 5.88 Å². The number of hydrazine groups is 1. The largest absolute Gasteiger partial charge is 0.479 e. The van der Waals surface area contributed by atoms with Crippen LogP contribution in [0.3, 0.4) is 0 Å². The number of nitrogens with two attached hydrogens (primary N) is 1. The van der Waals surface area contributed by atoms with Crippen LogP contribution in [0.25, 0.3) is 0 Å². The minimum absolute atomic E-state index is 0.0213. The van der Waals surface area contributed by atoms with E-state index in [0.717, 1.165) is 11.1 Å². The number of halogens is 1. The first kappa shape index (κ1) is 14.4. The minimum Gasteiger partial charge on any atom is -0.479 e. The topological polar surface area (TPSA) is 60.2 Å². The smallest absolute Gasteiger partial charge is 0.250 e. The first-order chi connectivity index (χ1) is 9.65. The second-order valence-electron chi connectivity index (χ2n) is 4.64. The Kier molecular flexibility index (Phi) is 4.65. The quantitative estimate of drug-likeness (QED) is 0.649. The maximum atomic E-state index is 14.2. The monoisotopic (exact) mass is 275 g/mol. The van der Waals surface area contributed by atoms with Gasteiger partial charge in [-0.1, -0.05) is 29.8 Å². The van der Waals surface area contributed by atoms with Crippen molar-refractivity contribution < 1.29 is 9.13 Å². The van der Waals surface area contributed by atoms with Crippen molar-refractivity contribution in [2.75, 3.05) is 7.11 Å². The van der Waals surface area contributed by atoms with Gasteiger partial charge in [-0.05, 0) is 25.0 Å². The highest BCUT2D eigenvalue weighted by Gasteiger charge is 2.18. The maximum absolute atomic E-state index is 14.2. The number of hydrogen-bond donors (Lipinski definition) is 2. The number of rotatable bonds is 5. The SMILES string of the molecule is COc1nccc(C(Cc2cccc(C)c2)NN)c1F. The Labute approximate surface area is 117 Å². The van der Waals surface area contributed by atoms with Crippen LogP contribution in [0, 0.1) is 12.7 Å². The lowest BCUT2D eigenvalue weighted by Crippen LogP contribution is -2.30. The van der Waals surface area contributed by atoms with Gasteiger partial charge >= 0.3 is 0 Å². The summed E-state index contributed by atoms with van der Waals surface area (Å²) in [5.41, 5.74) is 5.34. The van der Waals surface area contributed by atoms with Gasteiger partial charge in [-0.25, -0.2) is 9.37 Å². The van der Waals surface area contributed by atoms with Gasteiger partial charge in [0.25, 0.3) is 0 Å². The number of hydrogen-bond acceptors (Lipinski definition) is 4. The van der Waals surface area contributed by atoms with E-state index < -0.39 is 5.82 Å². The lowest BCUT2D eigenvalue weighted by Gasteiger charge is -2.18. The number of pyridine rings is 1. The second kappa shape index (κ2) is 6.45. The maximum Gasteiger partial charge on any atom is 0.250 e. The number of nitrogens with one attached hydrogen (secondary N) is 1. The normalized spacial score (nSPS) is 12.2. The van der Waals surface area contributed by atoms with E-state index in [1.54, 1.807) is 6.07 Å². The number of ether oxygens (including phenoxy) is 1. The van der Waals surface area contributed by atoms with E-state index in [1.165, 1.54) is 13.3 Å². The van der Waals surface area contributed by atoms with E-state index in [2.05, 4.69) is 16.5 Å². The fourth-order valence-corrected chi connectivity index (χ4v) is 2.18. The lowest BCUT2D eigenvalue weighted by atomic mass is 9.98. The molecule has 1 aromatic heterocycles. The highest BCUT2D eigenvalue weighted by molar-refractivity contribution is 5.30. The number of aryl methyl sites for hydroxylation is 1. The summed E-state index contributed by atoms with van der Waals surface area (Å²) in [5.74, 6) is 5.07. The zero-order valence-corrected chi connectivity index (χ0v) is 11.6. The van der Waals surface area contributed by atoms with Gasteiger partial charge in [0.1, 0.15) is 0 Å². The molecule has 0 saturated carbocycles. The summed E-state index contributed by atoms with van der Waals surface area (Å²) < 4.78 is 19.1. The molecule has 0 radical (unpaired) electrons. The average Bonchev–Trinajstić information content (AvgIpc) is 2.45. The first-order valence-corrected chi connectivity index (χ1v) is 6.35. The van der Waals surface area contributed by atoms with Crippen molar-refractivity contribution in [2.45, 2.75) is 19.4 Å². The summed E-state index contributed by atoms with van der Waals surface area (Å²) >= 11 is 0. The number of aromatic nitrogens is 1. The molecule has 106 valence electrons. The van der Waals surface area contributed by atoms with E-state index >= 15 is 0 Å². The molecule has 1 atom stereocenters. The molecule has 1 heterocycles. The fourth-order valence-electron chi connectivity index (χ4n) is 2.18. The van der Waals surface area contributed by atoms with Crippen LogP contribution in [0.15, 0.2) is 36.5 Å². The Morgan fingerprint density at radius 2 is 2.20 bits per heavy atom. The van der Waals surface area contributed by atoms with Crippen molar-refractivity contribution in [3.8, 4) is 5.88 Å². The molecule has 0 fully saturated rings. The third-order valence-electron chi connectivity index (χ3n) is 3.18. The average molecular weight is 275 g/mol. The Morgan fingerprint density at radius 1 is 1.40 bits per heavy atom. The van der Waals surface area contributed by atoms with Gasteiger partial charge in [-0.3, -0.25) is 11.3 Å². The highest BCUT2D eigenvalue weighted by Crippen LogP contribution is 2.25. The van der Waals surface area contributed by atoms with Crippen molar-refractivity contribution in [3.63, 3.8) is 0 Å². The second-order valence-corrected chi connectivity index (χ2v) is 4.64. The molecule has 20 heavy (non-hydrogen) atoms.